The number of hydrogen-bond donors (Lipinski definition) is 2. The number of hydrogen-bond acceptors (Lipinski definition) is 2. The molecule has 0 heterocycles. The summed E-state index contributed by atoms with van der Waals surface area (Å²) in [6.45, 7) is 3.09. The van der Waals surface area contributed by atoms with Gasteiger partial charge in [-0.1, -0.05) is 22.0 Å². The van der Waals surface area contributed by atoms with Crippen molar-refractivity contribution in [3.63, 3.8) is 0 Å². The van der Waals surface area contributed by atoms with Crippen molar-refractivity contribution >= 4 is 21.8 Å². The molecule has 92 valence electrons. The summed E-state index contributed by atoms with van der Waals surface area (Å²) in [5.41, 5.74) is 7.42. The Hall–Kier alpha value is -0.870. The van der Waals surface area contributed by atoms with Gasteiger partial charge in [-0.15, -0.1) is 0 Å². The van der Waals surface area contributed by atoms with Crippen LogP contribution in [-0.2, 0) is 10.2 Å². The monoisotopic (exact) mass is 296 g/mol. The van der Waals surface area contributed by atoms with Gasteiger partial charge in [0.25, 0.3) is 0 Å². The number of amides is 1. The van der Waals surface area contributed by atoms with Gasteiger partial charge in [0.1, 0.15) is 0 Å². The van der Waals surface area contributed by atoms with E-state index in [0.717, 1.165) is 22.9 Å². The number of carbonyl (C=O) groups is 1. The fraction of sp³-hybridized carbons (Fsp3) is 0.462. The van der Waals surface area contributed by atoms with Crippen LogP contribution in [0.15, 0.2) is 22.7 Å². The zero-order valence-corrected chi connectivity index (χ0v) is 11.5. The highest BCUT2D eigenvalue weighted by molar-refractivity contribution is 9.10. The summed E-state index contributed by atoms with van der Waals surface area (Å²) < 4.78 is 1.02. The van der Waals surface area contributed by atoms with Crippen LogP contribution in [0.1, 0.15) is 24.0 Å². The van der Waals surface area contributed by atoms with Crippen molar-refractivity contribution in [2.45, 2.75) is 25.2 Å². The Kier molecular flexibility index (Phi) is 3.54. The van der Waals surface area contributed by atoms with E-state index in [9.17, 15) is 4.79 Å². The number of rotatable bonds is 4. The van der Waals surface area contributed by atoms with E-state index in [-0.39, 0.29) is 11.3 Å². The summed E-state index contributed by atoms with van der Waals surface area (Å²) in [6, 6.07) is 6.12. The van der Waals surface area contributed by atoms with Gasteiger partial charge in [-0.2, -0.15) is 0 Å². The number of halogens is 1. The molecule has 2 rings (SSSR count). The van der Waals surface area contributed by atoms with E-state index in [4.69, 9.17) is 5.73 Å². The van der Waals surface area contributed by atoms with Crippen LogP contribution in [0.3, 0.4) is 0 Å². The molecule has 1 aliphatic rings. The maximum absolute atomic E-state index is 12.2. The normalized spacial score (nSPS) is 16.6. The van der Waals surface area contributed by atoms with E-state index in [0.29, 0.717) is 13.1 Å². The molecule has 4 heteroatoms. The van der Waals surface area contributed by atoms with Crippen LogP contribution in [-0.4, -0.2) is 19.0 Å². The van der Waals surface area contributed by atoms with Crippen molar-refractivity contribution in [2.75, 3.05) is 13.1 Å². The maximum atomic E-state index is 12.2. The van der Waals surface area contributed by atoms with Gasteiger partial charge in [0.15, 0.2) is 0 Å². The Bertz CT molecular complexity index is 441. The summed E-state index contributed by atoms with van der Waals surface area (Å²) in [6.07, 6.45) is 1.86. The number of nitrogens with one attached hydrogen (secondary N) is 1. The third-order valence-corrected chi connectivity index (χ3v) is 3.82. The average Bonchev–Trinajstić information content (AvgIpc) is 3.10. The van der Waals surface area contributed by atoms with E-state index >= 15 is 0 Å². The zero-order valence-electron chi connectivity index (χ0n) is 9.92. The van der Waals surface area contributed by atoms with Gasteiger partial charge in [-0.25, -0.2) is 0 Å². The second kappa shape index (κ2) is 4.78. The summed E-state index contributed by atoms with van der Waals surface area (Å²) in [7, 11) is 0. The van der Waals surface area contributed by atoms with Crippen LogP contribution < -0.4 is 11.1 Å². The minimum absolute atomic E-state index is 0.115. The van der Waals surface area contributed by atoms with Crippen LogP contribution >= 0.6 is 15.9 Å². The summed E-state index contributed by atoms with van der Waals surface area (Å²) in [5.74, 6) is 0.115. The molecule has 0 radical (unpaired) electrons. The van der Waals surface area contributed by atoms with E-state index < -0.39 is 0 Å². The smallest absolute Gasteiger partial charge is 0.230 e. The van der Waals surface area contributed by atoms with E-state index in [1.807, 2.05) is 6.07 Å². The lowest BCUT2D eigenvalue weighted by Gasteiger charge is -2.18. The van der Waals surface area contributed by atoms with Crippen LogP contribution in [0, 0.1) is 6.92 Å². The van der Waals surface area contributed by atoms with Gasteiger partial charge in [0, 0.05) is 17.6 Å². The fourth-order valence-electron chi connectivity index (χ4n) is 2.21. The number of carbonyl (C=O) groups excluding carboxylic acids is 1. The van der Waals surface area contributed by atoms with Crippen molar-refractivity contribution in [2.24, 2.45) is 5.73 Å². The van der Waals surface area contributed by atoms with Crippen molar-refractivity contribution in [3.8, 4) is 0 Å². The molecule has 0 unspecified atom stereocenters. The molecule has 0 aromatic heterocycles. The zero-order chi connectivity index (χ0) is 12.5. The summed E-state index contributed by atoms with van der Waals surface area (Å²) >= 11 is 3.47. The SMILES string of the molecule is Cc1ccc(Br)cc1C1(C(=O)NCCN)CC1. The largest absolute Gasteiger partial charge is 0.354 e. The molecule has 0 bridgehead atoms. The molecule has 1 aliphatic carbocycles. The van der Waals surface area contributed by atoms with Crippen molar-refractivity contribution in [3.05, 3.63) is 33.8 Å². The van der Waals surface area contributed by atoms with Gasteiger partial charge in [-0.05, 0) is 43.0 Å². The molecule has 0 aliphatic heterocycles. The van der Waals surface area contributed by atoms with Crippen LogP contribution in [0.25, 0.3) is 0 Å². The Labute approximate surface area is 110 Å². The molecule has 1 saturated carbocycles. The first-order valence-corrected chi connectivity index (χ1v) is 6.64. The van der Waals surface area contributed by atoms with Gasteiger partial charge in [0.2, 0.25) is 5.91 Å². The summed E-state index contributed by atoms with van der Waals surface area (Å²) in [5, 5.41) is 2.90. The summed E-state index contributed by atoms with van der Waals surface area (Å²) in [4.78, 5) is 12.2. The van der Waals surface area contributed by atoms with Crippen molar-refractivity contribution in [1.82, 2.24) is 5.32 Å². The second-order valence-corrected chi connectivity index (χ2v) is 5.50. The topological polar surface area (TPSA) is 55.1 Å². The molecule has 1 aromatic rings. The first kappa shape index (κ1) is 12.6. The second-order valence-electron chi connectivity index (χ2n) is 4.59. The lowest BCUT2D eigenvalue weighted by atomic mass is 9.91. The van der Waals surface area contributed by atoms with Gasteiger partial charge < -0.3 is 11.1 Å². The Morgan fingerprint density at radius 2 is 2.24 bits per heavy atom. The van der Waals surface area contributed by atoms with Gasteiger partial charge >= 0.3 is 0 Å². The first-order valence-electron chi connectivity index (χ1n) is 5.85. The molecule has 3 nitrogen and oxygen atoms in total. The highest BCUT2D eigenvalue weighted by Crippen LogP contribution is 2.50. The molecular formula is C13H17BrN2O. The molecule has 17 heavy (non-hydrogen) atoms. The molecule has 0 spiro atoms. The Balaban J connectivity index is 2.26. The standard InChI is InChI=1S/C13H17BrN2O/c1-9-2-3-10(14)8-11(9)13(4-5-13)12(17)16-7-6-15/h2-3,8H,4-7,15H2,1H3,(H,16,17). The quantitative estimate of drug-likeness (QED) is 0.891. The van der Waals surface area contributed by atoms with Crippen LogP contribution in [0.4, 0.5) is 0 Å². The van der Waals surface area contributed by atoms with E-state index in [2.05, 4.69) is 40.3 Å². The highest BCUT2D eigenvalue weighted by Gasteiger charge is 2.51. The van der Waals surface area contributed by atoms with E-state index in [1.165, 1.54) is 5.56 Å². The van der Waals surface area contributed by atoms with Crippen LogP contribution in [0.5, 0.6) is 0 Å². The molecule has 1 fully saturated rings. The molecular weight excluding hydrogens is 280 g/mol. The fourth-order valence-corrected chi connectivity index (χ4v) is 2.57. The predicted octanol–water partition coefficient (Wildman–Crippen LogP) is 1.86. The van der Waals surface area contributed by atoms with Gasteiger partial charge in [-0.3, -0.25) is 4.79 Å². The highest BCUT2D eigenvalue weighted by atomic mass is 79.9. The van der Waals surface area contributed by atoms with Crippen molar-refractivity contribution < 1.29 is 4.79 Å². The Morgan fingerprint density at radius 1 is 1.53 bits per heavy atom. The maximum Gasteiger partial charge on any atom is 0.230 e. The molecule has 3 N–H and O–H groups in total. The van der Waals surface area contributed by atoms with E-state index in [1.54, 1.807) is 0 Å². The number of nitrogens with two attached hydrogens (primary N) is 1. The van der Waals surface area contributed by atoms with Crippen LogP contribution in [0.2, 0.25) is 0 Å². The number of benzene rings is 1. The molecule has 0 atom stereocenters. The molecule has 1 amide bonds. The predicted molar refractivity (Wildman–Crippen MR) is 71.9 cm³/mol. The third-order valence-electron chi connectivity index (χ3n) is 3.33. The number of aryl methyl sites for hydroxylation is 1. The minimum atomic E-state index is -0.303. The third kappa shape index (κ3) is 2.38. The lowest BCUT2D eigenvalue weighted by molar-refractivity contribution is -0.123. The van der Waals surface area contributed by atoms with Crippen molar-refractivity contribution in [1.29, 1.82) is 0 Å². The first-order chi connectivity index (χ1) is 8.10. The minimum Gasteiger partial charge on any atom is -0.354 e. The van der Waals surface area contributed by atoms with Gasteiger partial charge in [0.05, 0.1) is 5.41 Å². The Morgan fingerprint density at radius 3 is 2.82 bits per heavy atom. The lowest BCUT2D eigenvalue weighted by Crippen LogP contribution is -2.37. The molecule has 1 aromatic carbocycles. The molecule has 0 saturated heterocycles. The average molecular weight is 297 g/mol.